The van der Waals surface area contributed by atoms with Crippen LogP contribution < -0.4 is 4.90 Å². The summed E-state index contributed by atoms with van der Waals surface area (Å²) in [4.78, 5) is 2.32. The Morgan fingerprint density at radius 2 is 0.645 bits per heavy atom. The summed E-state index contributed by atoms with van der Waals surface area (Å²) in [6, 6.07) is 88.9. The molecule has 0 amide bonds. The third kappa shape index (κ3) is 6.84. The summed E-state index contributed by atoms with van der Waals surface area (Å²) < 4.78 is 6.67. The number of furan rings is 1. The van der Waals surface area contributed by atoms with Crippen molar-refractivity contribution in [2.75, 3.05) is 4.90 Å². The van der Waals surface area contributed by atoms with E-state index in [2.05, 4.69) is 241 Å². The van der Waals surface area contributed by atoms with Crippen LogP contribution in [-0.4, -0.2) is 0 Å². The zero-order chi connectivity index (χ0) is 41.2. The van der Waals surface area contributed by atoms with Crippen molar-refractivity contribution in [1.29, 1.82) is 0 Å². The highest BCUT2D eigenvalue weighted by atomic mass is 16.3. The van der Waals surface area contributed by atoms with Crippen molar-refractivity contribution in [2.24, 2.45) is 0 Å². The molecule has 0 bridgehead atoms. The molecule has 0 N–H and O–H groups in total. The van der Waals surface area contributed by atoms with Gasteiger partial charge in [-0.15, -0.1) is 0 Å². The SMILES string of the molecule is c1ccc(-c2ccc(-c3ccc(N(c4ccc(-c5cccc(-c6ccccc6)c5-c5ccccc5-c5ccccc5)cc4)c4cccc5c4oc4ccccc45)cc3)cc2)cc1. The Bertz CT molecular complexity index is 3300. The maximum atomic E-state index is 6.67. The molecule has 0 fully saturated rings. The van der Waals surface area contributed by atoms with Crippen LogP contribution in [0.2, 0.25) is 0 Å². The van der Waals surface area contributed by atoms with E-state index in [4.69, 9.17) is 4.42 Å². The molecule has 0 saturated heterocycles. The second-order valence-electron chi connectivity index (χ2n) is 15.6. The minimum Gasteiger partial charge on any atom is -0.454 e. The molecule has 2 heteroatoms. The van der Waals surface area contributed by atoms with Crippen LogP contribution >= 0.6 is 0 Å². The van der Waals surface area contributed by atoms with E-state index < -0.39 is 0 Å². The fourth-order valence-electron chi connectivity index (χ4n) is 8.93. The monoisotopic (exact) mass is 791 g/mol. The van der Waals surface area contributed by atoms with E-state index in [1.165, 1.54) is 55.6 Å². The Morgan fingerprint density at radius 1 is 0.258 bits per heavy atom. The molecule has 0 atom stereocenters. The van der Waals surface area contributed by atoms with Gasteiger partial charge in [0, 0.05) is 22.1 Å². The lowest BCUT2D eigenvalue weighted by Crippen LogP contribution is -2.10. The Kier molecular flexibility index (Phi) is 9.57. The number of para-hydroxylation sites is 2. The van der Waals surface area contributed by atoms with Crippen molar-refractivity contribution in [3.63, 3.8) is 0 Å². The summed E-state index contributed by atoms with van der Waals surface area (Å²) in [7, 11) is 0. The fraction of sp³-hybridized carbons (Fsp3) is 0. The van der Waals surface area contributed by atoms with Crippen LogP contribution in [0.3, 0.4) is 0 Å². The minimum atomic E-state index is 0.855. The van der Waals surface area contributed by atoms with E-state index in [0.29, 0.717) is 0 Å². The van der Waals surface area contributed by atoms with E-state index in [1.807, 2.05) is 12.1 Å². The fourth-order valence-corrected chi connectivity index (χ4v) is 8.93. The molecular weight excluding hydrogens is 751 g/mol. The molecule has 0 radical (unpaired) electrons. The van der Waals surface area contributed by atoms with Crippen LogP contribution in [0.4, 0.5) is 17.1 Å². The predicted molar refractivity (Wildman–Crippen MR) is 261 cm³/mol. The molecule has 0 aliphatic rings. The Labute approximate surface area is 362 Å². The molecule has 11 rings (SSSR count). The van der Waals surface area contributed by atoms with Crippen molar-refractivity contribution in [2.45, 2.75) is 0 Å². The molecule has 0 spiro atoms. The zero-order valence-electron chi connectivity index (χ0n) is 34.0. The van der Waals surface area contributed by atoms with Crippen molar-refractivity contribution in [3.8, 4) is 66.8 Å². The normalized spacial score (nSPS) is 11.2. The third-order valence-electron chi connectivity index (χ3n) is 11.9. The topological polar surface area (TPSA) is 16.4 Å². The summed E-state index contributed by atoms with van der Waals surface area (Å²) in [5.41, 5.74) is 19.0. The molecule has 2 nitrogen and oxygen atoms in total. The van der Waals surface area contributed by atoms with E-state index in [9.17, 15) is 0 Å². The average Bonchev–Trinajstić information content (AvgIpc) is 3.75. The smallest absolute Gasteiger partial charge is 0.159 e. The molecule has 0 aliphatic carbocycles. The lowest BCUT2D eigenvalue weighted by atomic mass is 9.84. The van der Waals surface area contributed by atoms with Crippen LogP contribution in [0.25, 0.3) is 88.7 Å². The van der Waals surface area contributed by atoms with Gasteiger partial charge in [-0.05, 0) is 103 Å². The molecule has 62 heavy (non-hydrogen) atoms. The van der Waals surface area contributed by atoms with Crippen molar-refractivity contribution >= 4 is 39.0 Å². The quantitative estimate of drug-likeness (QED) is 0.145. The highest BCUT2D eigenvalue weighted by molar-refractivity contribution is 6.10. The Hall–Kier alpha value is -8.20. The number of anilines is 3. The minimum absolute atomic E-state index is 0.855. The Balaban J connectivity index is 1.03. The standard InChI is InChI=1S/C60H41NO/c1-4-16-42(17-5-1)43-30-32-44(33-31-43)45-34-38-49(39-35-45)61(57-28-15-27-56-54-23-12-13-29-58(54)62-60(56)57)50-40-36-48(37-41-50)53-26-14-25-52(47-20-8-3-9-21-47)59(53)55-24-11-10-22-51(55)46-18-6-2-7-19-46/h1-41H. The predicted octanol–water partition coefficient (Wildman–Crippen LogP) is 17.1. The van der Waals surface area contributed by atoms with Gasteiger partial charge in [-0.2, -0.15) is 0 Å². The van der Waals surface area contributed by atoms with E-state index >= 15 is 0 Å². The van der Waals surface area contributed by atoms with Gasteiger partial charge in [0.15, 0.2) is 5.58 Å². The summed E-state index contributed by atoms with van der Waals surface area (Å²) in [5, 5.41) is 2.20. The summed E-state index contributed by atoms with van der Waals surface area (Å²) in [6.07, 6.45) is 0. The largest absolute Gasteiger partial charge is 0.454 e. The highest BCUT2D eigenvalue weighted by Gasteiger charge is 2.21. The van der Waals surface area contributed by atoms with E-state index in [0.717, 1.165) is 50.1 Å². The first-order valence-electron chi connectivity index (χ1n) is 21.2. The number of rotatable bonds is 9. The van der Waals surface area contributed by atoms with Gasteiger partial charge < -0.3 is 9.32 Å². The molecular formula is C60H41NO. The number of hydrogen-bond donors (Lipinski definition) is 0. The second kappa shape index (κ2) is 16.1. The van der Waals surface area contributed by atoms with Gasteiger partial charge in [0.25, 0.3) is 0 Å². The Morgan fingerprint density at radius 3 is 1.24 bits per heavy atom. The first-order chi connectivity index (χ1) is 30.8. The number of fused-ring (bicyclic) bond motifs is 3. The highest BCUT2D eigenvalue weighted by Crippen LogP contribution is 2.46. The third-order valence-corrected chi connectivity index (χ3v) is 11.9. The van der Waals surface area contributed by atoms with Crippen molar-refractivity contribution in [1.82, 2.24) is 0 Å². The van der Waals surface area contributed by atoms with Crippen LogP contribution in [-0.2, 0) is 0 Å². The molecule has 11 aromatic rings. The maximum absolute atomic E-state index is 6.67. The van der Waals surface area contributed by atoms with Crippen LogP contribution in [0, 0.1) is 0 Å². The molecule has 10 aromatic carbocycles. The lowest BCUT2D eigenvalue weighted by molar-refractivity contribution is 0.669. The van der Waals surface area contributed by atoms with E-state index in [-0.39, 0.29) is 0 Å². The van der Waals surface area contributed by atoms with Gasteiger partial charge in [0.1, 0.15) is 5.58 Å². The molecule has 0 unspecified atom stereocenters. The van der Waals surface area contributed by atoms with Gasteiger partial charge in [-0.25, -0.2) is 0 Å². The van der Waals surface area contributed by atoms with Crippen LogP contribution in [0.15, 0.2) is 253 Å². The maximum Gasteiger partial charge on any atom is 0.159 e. The first kappa shape index (κ1) is 36.8. The van der Waals surface area contributed by atoms with Crippen LogP contribution in [0.1, 0.15) is 0 Å². The number of nitrogens with zero attached hydrogens (tertiary/aromatic N) is 1. The summed E-state index contributed by atoms with van der Waals surface area (Å²) in [6.45, 7) is 0. The van der Waals surface area contributed by atoms with E-state index in [1.54, 1.807) is 0 Å². The number of hydrogen-bond acceptors (Lipinski definition) is 2. The van der Waals surface area contributed by atoms with Gasteiger partial charge >= 0.3 is 0 Å². The van der Waals surface area contributed by atoms with Gasteiger partial charge in [0.05, 0.1) is 5.69 Å². The van der Waals surface area contributed by atoms with Crippen molar-refractivity contribution in [3.05, 3.63) is 249 Å². The zero-order valence-corrected chi connectivity index (χ0v) is 34.0. The average molecular weight is 792 g/mol. The van der Waals surface area contributed by atoms with Gasteiger partial charge in [-0.1, -0.05) is 212 Å². The van der Waals surface area contributed by atoms with Crippen LogP contribution in [0.5, 0.6) is 0 Å². The summed E-state index contributed by atoms with van der Waals surface area (Å²) in [5.74, 6) is 0. The molecule has 1 heterocycles. The van der Waals surface area contributed by atoms with Gasteiger partial charge in [-0.3, -0.25) is 0 Å². The van der Waals surface area contributed by atoms with Gasteiger partial charge in [0.2, 0.25) is 0 Å². The first-order valence-corrected chi connectivity index (χ1v) is 21.2. The van der Waals surface area contributed by atoms with Crippen molar-refractivity contribution < 1.29 is 4.42 Å². The molecule has 0 saturated carbocycles. The number of benzene rings is 10. The molecule has 292 valence electrons. The second-order valence-corrected chi connectivity index (χ2v) is 15.6. The molecule has 1 aromatic heterocycles. The molecule has 0 aliphatic heterocycles. The summed E-state index contributed by atoms with van der Waals surface area (Å²) >= 11 is 0. The lowest BCUT2D eigenvalue weighted by Gasteiger charge is -2.26.